The molecule has 0 bridgehead atoms. The smallest absolute Gasteiger partial charge is 0.296 e. The lowest BCUT2D eigenvalue weighted by Gasteiger charge is -2.34. The summed E-state index contributed by atoms with van der Waals surface area (Å²) >= 11 is 0. The molecule has 0 spiro atoms. The van der Waals surface area contributed by atoms with E-state index in [2.05, 4.69) is 10.2 Å². The second-order valence-electron chi connectivity index (χ2n) is 4.51. The van der Waals surface area contributed by atoms with E-state index >= 15 is 0 Å². The Bertz CT molecular complexity index is 522. The number of halogens is 1. The lowest BCUT2D eigenvalue weighted by molar-refractivity contribution is -0.0247. The van der Waals surface area contributed by atoms with Gasteiger partial charge >= 0.3 is 0 Å². The Morgan fingerprint density at radius 3 is 2.61 bits per heavy atom. The molecular formula is C10H16ClN3O3S. The van der Waals surface area contributed by atoms with Crippen LogP contribution in [0.1, 0.15) is 25.6 Å². The fraction of sp³-hybridized carbons (Fsp3) is 0.800. The van der Waals surface area contributed by atoms with Crippen molar-refractivity contribution in [3.05, 3.63) is 5.82 Å². The number of aromatic nitrogens is 3. The van der Waals surface area contributed by atoms with Gasteiger partial charge in [-0.15, -0.1) is 10.2 Å². The molecule has 1 aromatic rings. The maximum Gasteiger partial charge on any atom is 0.296 e. The molecule has 1 aliphatic carbocycles. The fourth-order valence-electron chi connectivity index (χ4n) is 2.21. The number of hydrogen-bond donors (Lipinski definition) is 0. The first-order valence-electron chi connectivity index (χ1n) is 5.86. The minimum atomic E-state index is -3.82. The summed E-state index contributed by atoms with van der Waals surface area (Å²) in [6, 6.07) is 0. The number of rotatable bonds is 5. The second kappa shape index (κ2) is 5.14. The van der Waals surface area contributed by atoms with Crippen molar-refractivity contribution in [1.82, 2.24) is 14.8 Å². The van der Waals surface area contributed by atoms with Crippen molar-refractivity contribution in [3.8, 4) is 0 Å². The Kier molecular flexibility index (Phi) is 3.93. The summed E-state index contributed by atoms with van der Waals surface area (Å²) < 4.78 is 29.3. The molecule has 18 heavy (non-hydrogen) atoms. The number of nitrogens with zero attached hydrogens (tertiary/aromatic N) is 3. The van der Waals surface area contributed by atoms with E-state index in [4.69, 9.17) is 15.4 Å². The Labute approximate surface area is 111 Å². The van der Waals surface area contributed by atoms with Crippen LogP contribution in [0.25, 0.3) is 0 Å². The van der Waals surface area contributed by atoms with E-state index in [0.717, 1.165) is 19.4 Å². The average molecular weight is 294 g/mol. The predicted molar refractivity (Wildman–Crippen MR) is 65.9 cm³/mol. The van der Waals surface area contributed by atoms with E-state index in [1.165, 1.54) is 4.57 Å². The normalized spacial score (nSPS) is 23.9. The van der Waals surface area contributed by atoms with Gasteiger partial charge in [-0.1, -0.05) is 0 Å². The zero-order chi connectivity index (χ0) is 13.3. The maximum atomic E-state index is 11.2. The lowest BCUT2D eigenvalue weighted by Crippen LogP contribution is -2.33. The van der Waals surface area contributed by atoms with Crippen molar-refractivity contribution in [1.29, 1.82) is 0 Å². The molecule has 0 saturated heterocycles. The molecule has 0 amide bonds. The van der Waals surface area contributed by atoms with Crippen LogP contribution in [-0.2, 0) is 27.3 Å². The predicted octanol–water partition coefficient (Wildman–Crippen LogP) is 1.10. The maximum absolute atomic E-state index is 11.2. The van der Waals surface area contributed by atoms with Crippen molar-refractivity contribution in [2.24, 2.45) is 13.0 Å². The molecule has 102 valence electrons. The monoisotopic (exact) mass is 293 g/mol. The first kappa shape index (κ1) is 13.8. The summed E-state index contributed by atoms with van der Waals surface area (Å²) in [5.41, 5.74) is 0. The third-order valence-electron chi connectivity index (χ3n) is 3.21. The highest BCUT2D eigenvalue weighted by molar-refractivity contribution is 8.13. The Morgan fingerprint density at radius 1 is 1.44 bits per heavy atom. The average Bonchev–Trinajstić information content (AvgIpc) is 2.56. The van der Waals surface area contributed by atoms with E-state index in [1.54, 1.807) is 7.05 Å². The Morgan fingerprint density at radius 2 is 2.11 bits per heavy atom. The van der Waals surface area contributed by atoms with Gasteiger partial charge in [-0.25, -0.2) is 8.42 Å². The van der Waals surface area contributed by atoms with Crippen LogP contribution in [-0.4, -0.2) is 35.9 Å². The van der Waals surface area contributed by atoms with Gasteiger partial charge in [0.2, 0.25) is 0 Å². The van der Waals surface area contributed by atoms with Gasteiger partial charge in [0.15, 0.2) is 0 Å². The molecule has 6 nitrogen and oxygen atoms in total. The van der Waals surface area contributed by atoms with Crippen molar-refractivity contribution < 1.29 is 13.2 Å². The first-order valence-corrected chi connectivity index (χ1v) is 8.17. The fourth-order valence-corrected chi connectivity index (χ4v) is 3.18. The van der Waals surface area contributed by atoms with Crippen LogP contribution in [0.3, 0.4) is 0 Å². The van der Waals surface area contributed by atoms with Crippen molar-refractivity contribution in [3.63, 3.8) is 0 Å². The molecule has 0 unspecified atom stereocenters. The van der Waals surface area contributed by atoms with Gasteiger partial charge in [0.25, 0.3) is 14.2 Å². The molecule has 1 aliphatic rings. The molecule has 0 N–H and O–H groups in total. The summed E-state index contributed by atoms with van der Waals surface area (Å²) in [5, 5.41) is 7.30. The van der Waals surface area contributed by atoms with Crippen LogP contribution in [0.15, 0.2) is 5.16 Å². The van der Waals surface area contributed by atoms with Gasteiger partial charge in [0.1, 0.15) is 5.82 Å². The molecule has 2 rings (SSSR count). The molecule has 1 saturated carbocycles. The van der Waals surface area contributed by atoms with Gasteiger partial charge in [0.05, 0.1) is 6.10 Å². The van der Waals surface area contributed by atoms with E-state index in [0.29, 0.717) is 24.3 Å². The zero-order valence-electron chi connectivity index (χ0n) is 10.3. The molecule has 0 aromatic carbocycles. The van der Waals surface area contributed by atoms with Gasteiger partial charge in [-0.2, -0.15) is 0 Å². The summed E-state index contributed by atoms with van der Waals surface area (Å²) in [5.74, 6) is 1.13. The third kappa shape index (κ3) is 2.84. The lowest BCUT2D eigenvalue weighted by atomic mass is 9.80. The Hall–Kier alpha value is -0.660. The number of hydrogen-bond acceptors (Lipinski definition) is 5. The summed E-state index contributed by atoms with van der Waals surface area (Å²) in [7, 11) is 3.05. The molecule has 0 radical (unpaired) electrons. The highest BCUT2D eigenvalue weighted by atomic mass is 35.7. The quantitative estimate of drug-likeness (QED) is 0.760. The molecule has 0 atom stereocenters. The molecule has 1 heterocycles. The topological polar surface area (TPSA) is 74.1 Å². The standard InChI is InChI=1S/C10H16ClN3O3S/c1-3-17-8-4-7(5-8)6-9-12-13-10(14(9)2)18(11,15)16/h7-8H,3-6H2,1-2H3. The Balaban J connectivity index is 1.98. The molecule has 0 aliphatic heterocycles. The highest BCUT2D eigenvalue weighted by Crippen LogP contribution is 2.32. The summed E-state index contributed by atoms with van der Waals surface area (Å²) in [6.45, 7) is 2.71. The number of ether oxygens (including phenoxy) is 1. The summed E-state index contributed by atoms with van der Waals surface area (Å²) in [6.07, 6.45) is 3.02. The van der Waals surface area contributed by atoms with Crippen LogP contribution in [0.4, 0.5) is 0 Å². The van der Waals surface area contributed by atoms with E-state index in [9.17, 15) is 8.42 Å². The summed E-state index contributed by atoms with van der Waals surface area (Å²) in [4.78, 5) is 0. The van der Waals surface area contributed by atoms with Crippen LogP contribution >= 0.6 is 10.7 Å². The van der Waals surface area contributed by atoms with Crippen LogP contribution in [0.2, 0.25) is 0 Å². The molecule has 8 heteroatoms. The van der Waals surface area contributed by atoms with Crippen LogP contribution in [0, 0.1) is 5.92 Å². The van der Waals surface area contributed by atoms with Gasteiger partial charge < -0.3 is 9.30 Å². The molecule has 1 aromatic heterocycles. The minimum absolute atomic E-state index is 0.195. The molecule has 1 fully saturated rings. The van der Waals surface area contributed by atoms with Crippen LogP contribution < -0.4 is 0 Å². The van der Waals surface area contributed by atoms with Gasteiger partial charge in [-0.05, 0) is 25.7 Å². The van der Waals surface area contributed by atoms with Crippen LogP contribution in [0.5, 0.6) is 0 Å². The van der Waals surface area contributed by atoms with Gasteiger partial charge in [-0.3, -0.25) is 0 Å². The van der Waals surface area contributed by atoms with E-state index in [1.807, 2.05) is 6.92 Å². The first-order chi connectivity index (χ1) is 8.41. The van der Waals surface area contributed by atoms with Crippen molar-refractivity contribution in [2.75, 3.05) is 6.61 Å². The second-order valence-corrected chi connectivity index (χ2v) is 6.97. The van der Waals surface area contributed by atoms with Crippen molar-refractivity contribution in [2.45, 2.75) is 37.4 Å². The molecular weight excluding hydrogens is 278 g/mol. The highest BCUT2D eigenvalue weighted by Gasteiger charge is 2.31. The van der Waals surface area contributed by atoms with E-state index < -0.39 is 9.05 Å². The largest absolute Gasteiger partial charge is 0.378 e. The minimum Gasteiger partial charge on any atom is -0.378 e. The SMILES string of the molecule is CCOC1CC(Cc2nnc(S(=O)(=O)Cl)n2C)C1. The zero-order valence-corrected chi connectivity index (χ0v) is 11.9. The van der Waals surface area contributed by atoms with E-state index in [-0.39, 0.29) is 5.16 Å². The van der Waals surface area contributed by atoms with Gasteiger partial charge in [0, 0.05) is 30.8 Å². The van der Waals surface area contributed by atoms with Crippen molar-refractivity contribution >= 4 is 19.7 Å². The third-order valence-corrected chi connectivity index (χ3v) is 4.41.